The summed E-state index contributed by atoms with van der Waals surface area (Å²) in [5, 5.41) is 11.7. The molecule has 36 heavy (non-hydrogen) atoms. The Kier molecular flexibility index (Phi) is 6.10. The van der Waals surface area contributed by atoms with Gasteiger partial charge in [-0.05, 0) is 62.6 Å². The van der Waals surface area contributed by atoms with E-state index in [0.717, 1.165) is 26.9 Å². The summed E-state index contributed by atoms with van der Waals surface area (Å²) in [6, 6.07) is 17.7. The number of amides is 1. The number of benzene rings is 3. The SMILES string of the molecule is CCOc1ccc([C@@H]2/C(=C(\O)c3ccc(C)cc3)C(=O)C(=O)N2c2nc3c(C)cc(C)cc3s2)cc1. The summed E-state index contributed by atoms with van der Waals surface area (Å²) >= 11 is 1.36. The summed E-state index contributed by atoms with van der Waals surface area (Å²) in [7, 11) is 0. The predicted octanol–water partition coefficient (Wildman–Crippen LogP) is 6.25. The van der Waals surface area contributed by atoms with E-state index in [1.165, 1.54) is 16.2 Å². The van der Waals surface area contributed by atoms with E-state index in [1.54, 1.807) is 24.3 Å². The average Bonchev–Trinajstić information content (AvgIpc) is 3.38. The van der Waals surface area contributed by atoms with Gasteiger partial charge >= 0.3 is 5.91 Å². The molecule has 1 saturated heterocycles. The van der Waals surface area contributed by atoms with Crippen LogP contribution in [-0.4, -0.2) is 28.4 Å². The molecule has 1 aliphatic heterocycles. The number of carbonyl (C=O) groups is 2. The molecular weight excluding hydrogens is 472 g/mol. The van der Waals surface area contributed by atoms with Crippen LogP contribution in [0.3, 0.4) is 0 Å². The van der Waals surface area contributed by atoms with Crippen molar-refractivity contribution in [3.63, 3.8) is 0 Å². The van der Waals surface area contributed by atoms with E-state index in [1.807, 2.05) is 64.1 Å². The normalized spacial score (nSPS) is 17.2. The van der Waals surface area contributed by atoms with Crippen LogP contribution in [-0.2, 0) is 9.59 Å². The largest absolute Gasteiger partial charge is 0.507 e. The van der Waals surface area contributed by atoms with Gasteiger partial charge in [0, 0.05) is 5.56 Å². The van der Waals surface area contributed by atoms with Crippen LogP contribution in [0.5, 0.6) is 5.75 Å². The first-order chi connectivity index (χ1) is 17.3. The van der Waals surface area contributed by atoms with Crippen LogP contribution in [0.2, 0.25) is 0 Å². The number of ketones is 1. The van der Waals surface area contributed by atoms with Crippen molar-refractivity contribution in [1.29, 1.82) is 0 Å². The zero-order valence-electron chi connectivity index (χ0n) is 20.5. The Bertz CT molecular complexity index is 1520. The maximum atomic E-state index is 13.5. The first-order valence-electron chi connectivity index (χ1n) is 11.8. The van der Waals surface area contributed by atoms with E-state index in [-0.39, 0.29) is 11.3 Å². The van der Waals surface area contributed by atoms with E-state index in [0.29, 0.717) is 28.6 Å². The van der Waals surface area contributed by atoms with Crippen LogP contribution in [0, 0.1) is 20.8 Å². The number of aliphatic hydroxyl groups is 1. The topological polar surface area (TPSA) is 79.7 Å². The number of anilines is 1. The lowest BCUT2D eigenvalue weighted by Gasteiger charge is -2.23. The summed E-state index contributed by atoms with van der Waals surface area (Å²) in [4.78, 5) is 33.0. The quantitative estimate of drug-likeness (QED) is 0.200. The van der Waals surface area contributed by atoms with Gasteiger partial charge in [-0.25, -0.2) is 4.98 Å². The van der Waals surface area contributed by atoms with Crippen LogP contribution in [0.15, 0.2) is 66.2 Å². The third-order valence-electron chi connectivity index (χ3n) is 6.30. The molecule has 0 spiro atoms. The monoisotopic (exact) mass is 498 g/mol. The summed E-state index contributed by atoms with van der Waals surface area (Å²) in [5.74, 6) is -0.971. The number of hydrogen-bond donors (Lipinski definition) is 1. The number of aliphatic hydroxyl groups excluding tert-OH is 1. The third-order valence-corrected chi connectivity index (χ3v) is 7.30. The second kappa shape index (κ2) is 9.24. The van der Waals surface area contributed by atoms with Crippen LogP contribution < -0.4 is 9.64 Å². The first kappa shape index (κ1) is 23.8. The van der Waals surface area contributed by atoms with Gasteiger partial charge in [0.05, 0.1) is 28.4 Å². The average molecular weight is 499 g/mol. The Morgan fingerprint density at radius 2 is 1.69 bits per heavy atom. The summed E-state index contributed by atoms with van der Waals surface area (Å²) < 4.78 is 6.52. The van der Waals surface area contributed by atoms with Gasteiger partial charge in [0.25, 0.3) is 5.78 Å². The van der Waals surface area contributed by atoms with Crippen molar-refractivity contribution in [2.75, 3.05) is 11.5 Å². The van der Waals surface area contributed by atoms with E-state index < -0.39 is 17.7 Å². The van der Waals surface area contributed by atoms with Gasteiger partial charge in [-0.1, -0.05) is 59.4 Å². The molecule has 0 saturated carbocycles. The highest BCUT2D eigenvalue weighted by atomic mass is 32.1. The van der Waals surface area contributed by atoms with Gasteiger partial charge < -0.3 is 9.84 Å². The van der Waals surface area contributed by atoms with E-state index >= 15 is 0 Å². The fourth-order valence-corrected chi connectivity index (χ4v) is 5.76. The molecule has 4 aromatic rings. The molecular formula is C29H26N2O4S. The van der Waals surface area contributed by atoms with Crippen molar-refractivity contribution in [2.45, 2.75) is 33.7 Å². The highest BCUT2D eigenvalue weighted by Gasteiger charge is 2.48. The van der Waals surface area contributed by atoms with Gasteiger partial charge in [0.2, 0.25) is 0 Å². The number of aromatic nitrogens is 1. The Balaban J connectivity index is 1.71. The standard InChI is InChI=1S/C29H26N2O4S/c1-5-35-21-12-10-19(11-13-21)25-23(26(32)20-8-6-16(2)7-9-20)27(33)28(34)31(25)29-30-24-18(4)14-17(3)15-22(24)36-29/h6-15,25,32H,5H2,1-4H3/b26-23+/t25-/m1/s1. The summed E-state index contributed by atoms with van der Waals surface area (Å²) in [6.07, 6.45) is 0. The second-order valence-electron chi connectivity index (χ2n) is 8.96. The number of carbonyl (C=O) groups excluding carboxylic acids is 2. The number of rotatable bonds is 5. The Hall–Kier alpha value is -3.97. The van der Waals surface area contributed by atoms with Crippen molar-refractivity contribution >= 4 is 44.1 Å². The highest BCUT2D eigenvalue weighted by molar-refractivity contribution is 7.22. The lowest BCUT2D eigenvalue weighted by Crippen LogP contribution is -2.29. The number of thiazole rings is 1. The first-order valence-corrected chi connectivity index (χ1v) is 12.6. The molecule has 1 aromatic heterocycles. The van der Waals surface area contributed by atoms with Crippen molar-refractivity contribution in [3.8, 4) is 5.75 Å². The summed E-state index contributed by atoms with van der Waals surface area (Å²) in [6.45, 7) is 8.37. The Labute approximate surface area is 213 Å². The van der Waals surface area contributed by atoms with Crippen molar-refractivity contribution < 1.29 is 19.4 Å². The number of ether oxygens (including phenoxy) is 1. The smallest absolute Gasteiger partial charge is 0.301 e. The Morgan fingerprint density at radius 3 is 2.36 bits per heavy atom. The predicted molar refractivity (Wildman–Crippen MR) is 143 cm³/mol. The summed E-state index contributed by atoms with van der Waals surface area (Å²) in [5.41, 5.74) is 5.12. The molecule has 1 fully saturated rings. The molecule has 0 unspecified atom stereocenters. The molecule has 3 aromatic carbocycles. The molecule has 0 bridgehead atoms. The van der Waals surface area contributed by atoms with Gasteiger partial charge in [0.15, 0.2) is 5.13 Å². The fourth-order valence-electron chi connectivity index (χ4n) is 4.59. The number of Topliss-reactive ketones (excluding diaryl/α,β-unsaturated/α-hetero) is 1. The van der Waals surface area contributed by atoms with E-state index in [4.69, 9.17) is 9.72 Å². The molecule has 0 radical (unpaired) electrons. The molecule has 6 nitrogen and oxygen atoms in total. The highest BCUT2D eigenvalue weighted by Crippen LogP contribution is 2.45. The number of fused-ring (bicyclic) bond motifs is 1. The number of nitrogens with zero attached hydrogens (tertiary/aromatic N) is 2. The molecule has 1 atom stereocenters. The third kappa shape index (κ3) is 4.05. The van der Waals surface area contributed by atoms with Crippen molar-refractivity contribution in [3.05, 3.63) is 94.1 Å². The molecule has 5 rings (SSSR count). The minimum atomic E-state index is -0.830. The zero-order valence-corrected chi connectivity index (χ0v) is 21.3. The van der Waals surface area contributed by atoms with Crippen molar-refractivity contribution in [1.82, 2.24) is 4.98 Å². The molecule has 1 N–H and O–H groups in total. The second-order valence-corrected chi connectivity index (χ2v) is 9.97. The molecule has 182 valence electrons. The molecule has 7 heteroatoms. The van der Waals surface area contributed by atoms with Gasteiger partial charge in [0.1, 0.15) is 11.5 Å². The van der Waals surface area contributed by atoms with Crippen LogP contribution >= 0.6 is 11.3 Å². The van der Waals surface area contributed by atoms with Crippen LogP contribution in [0.1, 0.15) is 40.8 Å². The fraction of sp³-hybridized carbons (Fsp3) is 0.207. The van der Waals surface area contributed by atoms with Crippen LogP contribution in [0.4, 0.5) is 5.13 Å². The van der Waals surface area contributed by atoms with Crippen LogP contribution in [0.25, 0.3) is 16.0 Å². The van der Waals surface area contributed by atoms with Gasteiger partial charge in [-0.2, -0.15) is 0 Å². The minimum absolute atomic E-state index is 0.0418. The van der Waals surface area contributed by atoms with Crippen molar-refractivity contribution in [2.24, 2.45) is 0 Å². The molecule has 1 aliphatic rings. The zero-order chi connectivity index (χ0) is 25.6. The maximum Gasteiger partial charge on any atom is 0.301 e. The Morgan fingerprint density at radius 1 is 1.00 bits per heavy atom. The van der Waals surface area contributed by atoms with Gasteiger partial charge in [-0.3, -0.25) is 14.5 Å². The number of aryl methyl sites for hydroxylation is 3. The maximum absolute atomic E-state index is 13.5. The minimum Gasteiger partial charge on any atom is -0.507 e. The molecule has 2 heterocycles. The van der Waals surface area contributed by atoms with E-state index in [2.05, 4.69) is 0 Å². The molecule has 1 amide bonds. The lowest BCUT2D eigenvalue weighted by atomic mass is 9.95. The lowest BCUT2D eigenvalue weighted by molar-refractivity contribution is -0.132. The van der Waals surface area contributed by atoms with E-state index in [9.17, 15) is 14.7 Å². The van der Waals surface area contributed by atoms with Gasteiger partial charge in [-0.15, -0.1) is 0 Å². The molecule has 0 aliphatic carbocycles. The number of hydrogen-bond acceptors (Lipinski definition) is 6.